The van der Waals surface area contributed by atoms with E-state index in [1.165, 1.54) is 11.8 Å². The molecular weight excluding hydrogens is 356 g/mol. The second-order valence-electron chi connectivity index (χ2n) is 5.21. The lowest BCUT2D eigenvalue weighted by molar-refractivity contribution is -0.122. The van der Waals surface area contributed by atoms with Crippen molar-refractivity contribution in [1.82, 2.24) is 4.90 Å². The average molecular weight is 374 g/mol. The Bertz CT molecular complexity index is 783. The van der Waals surface area contributed by atoms with Crippen LogP contribution in [0.25, 0.3) is 6.08 Å². The third-order valence-electron chi connectivity index (χ3n) is 3.55. The molecule has 1 aliphatic heterocycles. The first-order valence-corrected chi connectivity index (χ1v) is 9.42. The fourth-order valence-corrected chi connectivity index (χ4v) is 3.89. The third kappa shape index (κ3) is 4.31. The molecule has 3 rings (SSSR count). The predicted molar refractivity (Wildman–Crippen MR) is 104 cm³/mol. The molecular formula is C18H18N2O3S2. The number of methoxy groups -OCH3 is 2. The van der Waals surface area contributed by atoms with Gasteiger partial charge in [0.15, 0.2) is 5.17 Å². The predicted octanol–water partition coefficient (Wildman–Crippen LogP) is 4.01. The first-order valence-electron chi connectivity index (χ1n) is 7.66. The summed E-state index contributed by atoms with van der Waals surface area (Å²) in [6, 6.07) is 9.42. The number of carbonyl (C=O) groups is 1. The van der Waals surface area contributed by atoms with Crippen LogP contribution in [0.2, 0.25) is 0 Å². The highest BCUT2D eigenvalue weighted by Crippen LogP contribution is 2.34. The quantitative estimate of drug-likeness (QED) is 0.717. The van der Waals surface area contributed by atoms with Gasteiger partial charge in [-0.2, -0.15) is 11.3 Å². The molecule has 1 aliphatic rings. The average Bonchev–Trinajstić information content (AvgIpc) is 3.24. The topological polar surface area (TPSA) is 51.1 Å². The van der Waals surface area contributed by atoms with Gasteiger partial charge in [0.2, 0.25) is 0 Å². The highest BCUT2D eigenvalue weighted by Gasteiger charge is 2.33. The van der Waals surface area contributed by atoms with E-state index in [0.29, 0.717) is 23.2 Å². The van der Waals surface area contributed by atoms with Gasteiger partial charge in [-0.15, -0.1) is 0 Å². The van der Waals surface area contributed by atoms with Crippen molar-refractivity contribution in [2.24, 2.45) is 4.99 Å². The van der Waals surface area contributed by atoms with E-state index in [2.05, 4.69) is 4.99 Å². The summed E-state index contributed by atoms with van der Waals surface area (Å²) in [6.45, 7) is 0.929. The Kier molecular flexibility index (Phi) is 5.91. The second-order valence-corrected chi connectivity index (χ2v) is 7.00. The van der Waals surface area contributed by atoms with Crippen LogP contribution in [0.3, 0.4) is 0 Å². The summed E-state index contributed by atoms with van der Waals surface area (Å²) in [5.74, 6) is 0.730. The summed E-state index contributed by atoms with van der Waals surface area (Å²) >= 11 is 2.99. The number of hydrogen-bond donors (Lipinski definition) is 0. The number of ether oxygens (including phenoxy) is 2. The maximum Gasteiger partial charge on any atom is 0.266 e. The van der Waals surface area contributed by atoms with E-state index in [4.69, 9.17) is 9.47 Å². The molecule has 1 amide bonds. The maximum atomic E-state index is 12.7. The lowest BCUT2D eigenvalue weighted by Crippen LogP contribution is -2.32. The van der Waals surface area contributed by atoms with Crippen molar-refractivity contribution < 1.29 is 14.3 Å². The lowest BCUT2D eigenvalue weighted by atomic mass is 10.3. The minimum atomic E-state index is -0.0412. The molecule has 1 aromatic carbocycles. The second kappa shape index (κ2) is 8.33. The SMILES string of the molecule is COCCN1C(=O)/C(=C/c2ccsc2)SC1=Nc1ccc(OC)cc1. The number of amidine groups is 1. The highest BCUT2D eigenvalue weighted by atomic mass is 32.2. The zero-order chi connectivity index (χ0) is 17.6. The number of thioether (sulfide) groups is 1. The summed E-state index contributed by atoms with van der Waals surface area (Å²) in [5.41, 5.74) is 1.80. The minimum absolute atomic E-state index is 0.0412. The molecule has 1 aromatic heterocycles. The third-order valence-corrected chi connectivity index (χ3v) is 5.25. The smallest absolute Gasteiger partial charge is 0.266 e. The molecule has 1 saturated heterocycles. The number of amides is 1. The van der Waals surface area contributed by atoms with Gasteiger partial charge >= 0.3 is 0 Å². The monoisotopic (exact) mass is 374 g/mol. The van der Waals surface area contributed by atoms with Gasteiger partial charge in [-0.3, -0.25) is 9.69 Å². The Morgan fingerprint density at radius 1 is 1.20 bits per heavy atom. The fraction of sp³-hybridized carbons (Fsp3) is 0.222. The van der Waals surface area contributed by atoms with Crippen LogP contribution in [-0.4, -0.2) is 43.3 Å². The molecule has 1 fully saturated rings. The number of thiophene rings is 1. The van der Waals surface area contributed by atoms with Crippen molar-refractivity contribution in [3.05, 3.63) is 51.6 Å². The van der Waals surface area contributed by atoms with E-state index >= 15 is 0 Å². The van der Waals surface area contributed by atoms with E-state index in [-0.39, 0.29) is 5.91 Å². The van der Waals surface area contributed by atoms with Gasteiger partial charge < -0.3 is 9.47 Å². The zero-order valence-electron chi connectivity index (χ0n) is 14.0. The number of nitrogens with zero attached hydrogens (tertiary/aromatic N) is 2. The molecule has 0 spiro atoms. The molecule has 0 aliphatic carbocycles. The minimum Gasteiger partial charge on any atom is -0.497 e. The maximum absolute atomic E-state index is 12.7. The van der Waals surface area contributed by atoms with Gasteiger partial charge in [0.1, 0.15) is 5.75 Å². The number of carbonyl (C=O) groups excluding carboxylic acids is 1. The molecule has 7 heteroatoms. The Morgan fingerprint density at radius 3 is 2.64 bits per heavy atom. The molecule has 130 valence electrons. The molecule has 0 radical (unpaired) electrons. The van der Waals surface area contributed by atoms with Gasteiger partial charge in [0.05, 0.1) is 30.9 Å². The molecule has 5 nitrogen and oxygen atoms in total. The summed E-state index contributed by atoms with van der Waals surface area (Å²) < 4.78 is 10.3. The van der Waals surface area contributed by atoms with Crippen LogP contribution in [0, 0.1) is 0 Å². The van der Waals surface area contributed by atoms with Crippen molar-refractivity contribution in [3.8, 4) is 5.75 Å². The summed E-state index contributed by atoms with van der Waals surface area (Å²) in [7, 11) is 3.25. The summed E-state index contributed by atoms with van der Waals surface area (Å²) in [5, 5.41) is 4.67. The number of hydrogen-bond acceptors (Lipinski definition) is 6. The molecule has 0 bridgehead atoms. The van der Waals surface area contributed by atoms with E-state index < -0.39 is 0 Å². The van der Waals surface area contributed by atoms with Crippen LogP contribution in [0.15, 0.2) is 51.0 Å². The van der Waals surface area contributed by atoms with Crippen molar-refractivity contribution in [2.45, 2.75) is 0 Å². The van der Waals surface area contributed by atoms with Crippen molar-refractivity contribution in [1.29, 1.82) is 0 Å². The molecule has 25 heavy (non-hydrogen) atoms. The van der Waals surface area contributed by atoms with Crippen LogP contribution in [0.1, 0.15) is 5.56 Å². The Labute approximate surface area is 155 Å². The van der Waals surface area contributed by atoms with Crippen LogP contribution >= 0.6 is 23.1 Å². The first kappa shape index (κ1) is 17.7. The van der Waals surface area contributed by atoms with Gasteiger partial charge in [0.25, 0.3) is 5.91 Å². The lowest BCUT2D eigenvalue weighted by Gasteiger charge is -2.14. The van der Waals surface area contributed by atoms with Crippen LogP contribution in [0.5, 0.6) is 5.75 Å². The number of aliphatic imine (C=N–C) groups is 1. The molecule has 2 heterocycles. The van der Waals surface area contributed by atoms with Crippen LogP contribution in [0.4, 0.5) is 5.69 Å². The molecule has 0 atom stereocenters. The molecule has 0 N–H and O–H groups in total. The van der Waals surface area contributed by atoms with E-state index in [1.54, 1.807) is 30.5 Å². The number of benzene rings is 1. The Morgan fingerprint density at radius 2 is 2.00 bits per heavy atom. The van der Waals surface area contributed by atoms with Crippen molar-refractivity contribution in [3.63, 3.8) is 0 Å². The number of rotatable bonds is 6. The standard InChI is InChI=1S/C18H18N2O3S2/c1-22-9-8-20-17(21)16(11-13-7-10-24-12-13)25-18(20)19-14-3-5-15(23-2)6-4-14/h3-7,10-12H,8-9H2,1-2H3/b16-11-,19-18?. The van der Waals surface area contributed by atoms with Crippen molar-refractivity contribution >= 4 is 45.9 Å². The van der Waals surface area contributed by atoms with Gasteiger partial charge in [-0.25, -0.2) is 4.99 Å². The largest absolute Gasteiger partial charge is 0.497 e. The van der Waals surface area contributed by atoms with E-state index in [0.717, 1.165) is 17.0 Å². The van der Waals surface area contributed by atoms with Gasteiger partial charge in [-0.1, -0.05) is 0 Å². The van der Waals surface area contributed by atoms with E-state index in [9.17, 15) is 4.79 Å². The van der Waals surface area contributed by atoms with Gasteiger partial charge in [-0.05, 0) is 64.5 Å². The zero-order valence-corrected chi connectivity index (χ0v) is 15.6. The van der Waals surface area contributed by atoms with Gasteiger partial charge in [0, 0.05) is 7.11 Å². The van der Waals surface area contributed by atoms with Crippen molar-refractivity contribution in [2.75, 3.05) is 27.4 Å². The summed E-state index contributed by atoms with van der Waals surface area (Å²) in [4.78, 5) is 19.7. The normalized spacial score (nSPS) is 17.7. The summed E-state index contributed by atoms with van der Waals surface area (Å²) in [6.07, 6.45) is 1.90. The molecule has 0 unspecified atom stereocenters. The van der Waals surface area contributed by atoms with Crippen LogP contribution in [-0.2, 0) is 9.53 Å². The molecule has 2 aromatic rings. The van der Waals surface area contributed by atoms with E-state index in [1.807, 2.05) is 47.2 Å². The fourth-order valence-electron chi connectivity index (χ4n) is 2.25. The first-order chi connectivity index (χ1) is 12.2. The Hall–Kier alpha value is -2.09. The highest BCUT2D eigenvalue weighted by molar-refractivity contribution is 8.18. The Balaban J connectivity index is 1.88. The molecule has 0 saturated carbocycles. The van der Waals surface area contributed by atoms with Crippen LogP contribution < -0.4 is 4.74 Å².